The zero-order chi connectivity index (χ0) is 26.9. The Morgan fingerprint density at radius 3 is 0.622 bits per heavy atom. The predicted molar refractivity (Wildman–Crippen MR) is 173 cm³/mol. The molecule has 0 amide bonds. The van der Waals surface area contributed by atoms with Crippen molar-refractivity contribution in [2.75, 3.05) is 0 Å². The first-order valence-corrected chi connectivity index (χ1v) is 18.3. The van der Waals surface area contributed by atoms with Crippen LogP contribution in [0.2, 0.25) is 0 Å². The van der Waals surface area contributed by atoms with Crippen LogP contribution in [0.3, 0.4) is 0 Å². The average molecular weight is 521 g/mol. The van der Waals surface area contributed by atoms with Crippen LogP contribution in [-0.4, -0.2) is 0 Å². The van der Waals surface area contributed by atoms with Crippen LogP contribution in [0.4, 0.5) is 0 Å². The van der Waals surface area contributed by atoms with Crippen molar-refractivity contribution in [1.82, 2.24) is 0 Å². The molecule has 0 saturated carbocycles. The molecule has 0 aromatic carbocycles. The molecule has 0 N–H and O–H groups in total. The van der Waals surface area contributed by atoms with Gasteiger partial charge in [0.05, 0.1) is 0 Å². The molecule has 0 aliphatic rings. The lowest BCUT2D eigenvalue weighted by atomic mass is 9.89. The Kier molecular flexibility index (Phi) is 34.0. The number of rotatable bonds is 33. The molecule has 0 fully saturated rings. The van der Waals surface area contributed by atoms with E-state index in [1.54, 1.807) is 0 Å². The highest BCUT2D eigenvalue weighted by molar-refractivity contribution is 4.62. The zero-order valence-electron chi connectivity index (χ0n) is 26.9. The maximum atomic E-state index is 2.36. The van der Waals surface area contributed by atoms with E-state index in [9.17, 15) is 0 Å². The zero-order valence-corrected chi connectivity index (χ0v) is 26.9. The molecule has 0 aliphatic carbocycles. The summed E-state index contributed by atoms with van der Waals surface area (Å²) in [5, 5.41) is 0. The van der Waals surface area contributed by atoms with Crippen molar-refractivity contribution in [3.63, 3.8) is 0 Å². The lowest BCUT2D eigenvalue weighted by molar-refractivity contribution is 0.367. The van der Waals surface area contributed by atoms with Gasteiger partial charge in [-0.1, -0.05) is 233 Å². The van der Waals surface area contributed by atoms with Gasteiger partial charge in [-0.15, -0.1) is 0 Å². The molecular formula is C37H76. The first-order chi connectivity index (χ1) is 18.3. The largest absolute Gasteiger partial charge is 0.0654 e. The molecule has 224 valence electrons. The lowest BCUT2D eigenvalue weighted by Crippen LogP contribution is -2.01. The Morgan fingerprint density at radius 2 is 0.378 bits per heavy atom. The van der Waals surface area contributed by atoms with E-state index >= 15 is 0 Å². The summed E-state index contributed by atoms with van der Waals surface area (Å²) in [5.41, 5.74) is 0. The van der Waals surface area contributed by atoms with E-state index in [0.717, 1.165) is 5.92 Å². The molecule has 1 atom stereocenters. The quantitative estimate of drug-likeness (QED) is 0.0754. The molecule has 1 unspecified atom stereocenters. The number of hydrogen-bond donors (Lipinski definition) is 0. The molecule has 0 heterocycles. The fourth-order valence-electron chi connectivity index (χ4n) is 6.19. The van der Waals surface area contributed by atoms with Crippen molar-refractivity contribution in [2.45, 2.75) is 233 Å². The second-order valence-corrected chi connectivity index (χ2v) is 12.8. The van der Waals surface area contributed by atoms with E-state index in [2.05, 4.69) is 20.8 Å². The highest BCUT2D eigenvalue weighted by Gasteiger charge is 2.08. The summed E-state index contributed by atoms with van der Waals surface area (Å²) in [6, 6.07) is 0. The van der Waals surface area contributed by atoms with Crippen LogP contribution in [0, 0.1) is 5.92 Å². The van der Waals surface area contributed by atoms with Crippen LogP contribution in [0.5, 0.6) is 0 Å². The molecule has 0 radical (unpaired) electrons. The molecule has 0 heteroatoms. The Balaban J connectivity index is 3.55. The number of hydrogen-bond acceptors (Lipinski definition) is 0. The SMILES string of the molecule is CCCCCCCCCCCCCCCCCC(CCCCC)CCCCCCCCCCCCCC. The minimum atomic E-state index is 1.04. The molecule has 0 bridgehead atoms. The highest BCUT2D eigenvalue weighted by atomic mass is 14.1. The molecule has 0 spiro atoms. The van der Waals surface area contributed by atoms with Gasteiger partial charge in [0, 0.05) is 0 Å². The molecule has 0 aromatic heterocycles. The van der Waals surface area contributed by atoms with E-state index < -0.39 is 0 Å². The van der Waals surface area contributed by atoms with E-state index in [0.29, 0.717) is 0 Å². The van der Waals surface area contributed by atoms with Crippen LogP contribution >= 0.6 is 0 Å². The van der Waals surface area contributed by atoms with Gasteiger partial charge in [-0.3, -0.25) is 0 Å². The van der Waals surface area contributed by atoms with Gasteiger partial charge in [0.1, 0.15) is 0 Å². The van der Waals surface area contributed by atoms with Gasteiger partial charge in [0.2, 0.25) is 0 Å². The summed E-state index contributed by atoms with van der Waals surface area (Å²) in [6.45, 7) is 6.98. The van der Waals surface area contributed by atoms with Crippen LogP contribution in [0.15, 0.2) is 0 Å². The molecule has 0 nitrogen and oxygen atoms in total. The van der Waals surface area contributed by atoms with Crippen LogP contribution < -0.4 is 0 Å². The Labute approximate surface area is 238 Å². The van der Waals surface area contributed by atoms with Crippen LogP contribution in [0.25, 0.3) is 0 Å². The van der Waals surface area contributed by atoms with Crippen molar-refractivity contribution in [2.24, 2.45) is 5.92 Å². The standard InChI is InChI=1S/C37H76/c1-4-7-10-12-14-16-18-20-21-22-24-26-28-30-33-36-37(34-31-9-6-3)35-32-29-27-25-23-19-17-15-13-11-8-5-2/h37H,4-36H2,1-3H3. The van der Waals surface area contributed by atoms with E-state index in [4.69, 9.17) is 0 Å². The second kappa shape index (κ2) is 34.0. The summed E-state index contributed by atoms with van der Waals surface area (Å²) < 4.78 is 0. The third-order valence-corrected chi connectivity index (χ3v) is 8.90. The first kappa shape index (κ1) is 37.0. The second-order valence-electron chi connectivity index (χ2n) is 12.8. The number of unbranched alkanes of at least 4 members (excludes halogenated alkanes) is 27. The minimum Gasteiger partial charge on any atom is -0.0654 e. The fraction of sp³-hybridized carbons (Fsp3) is 1.00. The molecule has 0 rings (SSSR count). The van der Waals surface area contributed by atoms with Crippen molar-refractivity contribution in [3.8, 4) is 0 Å². The Hall–Kier alpha value is 0. The summed E-state index contributed by atoms with van der Waals surface area (Å²) in [6.07, 6.45) is 48.8. The normalized spacial score (nSPS) is 12.4. The molecule has 37 heavy (non-hydrogen) atoms. The van der Waals surface area contributed by atoms with Gasteiger partial charge in [0.25, 0.3) is 0 Å². The van der Waals surface area contributed by atoms with Crippen LogP contribution in [-0.2, 0) is 0 Å². The Bertz CT molecular complexity index is 372. The van der Waals surface area contributed by atoms with Crippen molar-refractivity contribution in [3.05, 3.63) is 0 Å². The monoisotopic (exact) mass is 521 g/mol. The summed E-state index contributed by atoms with van der Waals surface area (Å²) >= 11 is 0. The van der Waals surface area contributed by atoms with Crippen molar-refractivity contribution in [1.29, 1.82) is 0 Å². The summed E-state index contributed by atoms with van der Waals surface area (Å²) in [5.74, 6) is 1.04. The van der Waals surface area contributed by atoms with Gasteiger partial charge >= 0.3 is 0 Å². The van der Waals surface area contributed by atoms with E-state index in [1.807, 2.05) is 0 Å². The Morgan fingerprint density at radius 1 is 0.216 bits per heavy atom. The van der Waals surface area contributed by atoms with Gasteiger partial charge in [0.15, 0.2) is 0 Å². The topological polar surface area (TPSA) is 0 Å². The van der Waals surface area contributed by atoms with Gasteiger partial charge in [-0.2, -0.15) is 0 Å². The third kappa shape index (κ3) is 32.1. The van der Waals surface area contributed by atoms with Crippen molar-refractivity contribution < 1.29 is 0 Å². The third-order valence-electron chi connectivity index (χ3n) is 8.90. The van der Waals surface area contributed by atoms with E-state index in [-0.39, 0.29) is 0 Å². The van der Waals surface area contributed by atoms with Crippen molar-refractivity contribution >= 4 is 0 Å². The molecule has 0 aliphatic heterocycles. The average Bonchev–Trinajstić information content (AvgIpc) is 2.91. The van der Waals surface area contributed by atoms with E-state index in [1.165, 1.54) is 212 Å². The summed E-state index contributed by atoms with van der Waals surface area (Å²) in [7, 11) is 0. The molecule has 0 aromatic rings. The maximum absolute atomic E-state index is 2.36. The molecule has 0 saturated heterocycles. The van der Waals surface area contributed by atoms with Crippen LogP contribution in [0.1, 0.15) is 233 Å². The summed E-state index contributed by atoms with van der Waals surface area (Å²) in [4.78, 5) is 0. The lowest BCUT2D eigenvalue weighted by Gasteiger charge is -2.17. The van der Waals surface area contributed by atoms with Gasteiger partial charge < -0.3 is 0 Å². The smallest absolute Gasteiger partial charge is 0.0414 e. The molecular weight excluding hydrogens is 444 g/mol. The fourth-order valence-corrected chi connectivity index (χ4v) is 6.19. The van der Waals surface area contributed by atoms with Gasteiger partial charge in [-0.25, -0.2) is 0 Å². The maximum Gasteiger partial charge on any atom is -0.0414 e. The highest BCUT2D eigenvalue weighted by Crippen LogP contribution is 2.24. The van der Waals surface area contributed by atoms with Gasteiger partial charge in [-0.05, 0) is 5.92 Å². The predicted octanol–water partition coefficient (Wildman–Crippen LogP) is 14.5. The first-order valence-electron chi connectivity index (χ1n) is 18.3. The minimum absolute atomic E-state index is 1.04.